The maximum absolute atomic E-state index is 12.5. The maximum Gasteiger partial charge on any atom is 0.308 e. The Bertz CT molecular complexity index is 1450. The van der Waals surface area contributed by atoms with E-state index >= 15 is 0 Å². The quantitative estimate of drug-likeness (QED) is 0.297. The highest BCUT2D eigenvalue weighted by Gasteiger charge is 2.18. The molecule has 0 N–H and O–H groups in total. The van der Waals surface area contributed by atoms with Gasteiger partial charge in [0.05, 0.1) is 0 Å². The molecular weight excluding hydrogens is 556 g/mol. The monoisotopic (exact) mass is 580 g/mol. The Morgan fingerprint density at radius 2 is 0.872 bits per heavy atom. The predicted octanol–water partition coefficient (Wildman–Crippen LogP) is 2.82. The fourth-order valence-electron chi connectivity index (χ4n) is 2.88. The lowest BCUT2D eigenvalue weighted by Crippen LogP contribution is -2.12. The number of sulfone groups is 2. The second-order valence-corrected chi connectivity index (χ2v) is 12.0. The van der Waals surface area contributed by atoms with Crippen molar-refractivity contribution in [3.05, 3.63) is 58.3 Å². The molecule has 39 heavy (non-hydrogen) atoms. The number of benzene rings is 2. The summed E-state index contributed by atoms with van der Waals surface area (Å²) in [5.41, 5.74) is 0.425. The van der Waals surface area contributed by atoms with Gasteiger partial charge in [0, 0.05) is 38.5 Å². The Morgan fingerprint density at radius 3 is 1.18 bits per heavy atom. The normalized spacial score (nSPS) is 11.8. The van der Waals surface area contributed by atoms with E-state index in [1.165, 1.54) is 36.4 Å². The van der Waals surface area contributed by atoms with Gasteiger partial charge in [-0.15, -0.1) is 0 Å². The first-order chi connectivity index (χ1) is 18.0. The van der Waals surface area contributed by atoms with Crippen molar-refractivity contribution in [2.24, 2.45) is 0 Å². The van der Waals surface area contributed by atoms with Gasteiger partial charge in [-0.05, 0) is 47.5 Å². The fourth-order valence-corrected chi connectivity index (χ4v) is 6.07. The molecule has 0 bridgehead atoms. The molecule has 0 amide bonds. The molecular formula is C25H24O12S2. The number of carbonyl (C=O) groups excluding carboxylic acids is 4. The van der Waals surface area contributed by atoms with Crippen molar-refractivity contribution in [1.82, 2.24) is 0 Å². The molecule has 0 aromatic heterocycles. The van der Waals surface area contributed by atoms with Gasteiger partial charge in [-0.1, -0.05) is 12.1 Å². The van der Waals surface area contributed by atoms with Crippen LogP contribution in [-0.4, -0.2) is 45.8 Å². The molecule has 0 heterocycles. The van der Waals surface area contributed by atoms with Gasteiger partial charge in [0.25, 0.3) is 0 Å². The Kier molecular flexibility index (Phi) is 10.3. The molecule has 14 heteroatoms. The van der Waals surface area contributed by atoms with Gasteiger partial charge in [0.2, 0.25) is 0 Å². The van der Waals surface area contributed by atoms with Gasteiger partial charge >= 0.3 is 23.9 Å². The zero-order valence-electron chi connectivity index (χ0n) is 21.2. The third-order valence-corrected chi connectivity index (χ3v) is 7.94. The zero-order chi connectivity index (χ0) is 29.4. The van der Waals surface area contributed by atoms with E-state index in [1.807, 2.05) is 0 Å². The predicted molar refractivity (Wildman–Crippen MR) is 139 cm³/mol. The lowest BCUT2D eigenvalue weighted by atomic mass is 10.2. The SMILES string of the molecule is CC(=O)Oc1ccc(/C=C/S(=O)(=O)CS(=O)(=O)/C=C/c2ccc(OC(C)=O)c(OC(C)=O)c2)cc1OC(C)=O. The Hall–Kier alpha value is -4.30. The summed E-state index contributed by atoms with van der Waals surface area (Å²) in [6.07, 6.45) is 2.16. The first kappa shape index (κ1) is 30.9. The second kappa shape index (κ2) is 13.0. The van der Waals surface area contributed by atoms with Crippen molar-refractivity contribution in [3.8, 4) is 23.0 Å². The average molecular weight is 581 g/mol. The van der Waals surface area contributed by atoms with Crippen LogP contribution in [0.4, 0.5) is 0 Å². The van der Waals surface area contributed by atoms with Crippen LogP contribution in [0.1, 0.15) is 38.8 Å². The van der Waals surface area contributed by atoms with E-state index in [9.17, 15) is 36.0 Å². The number of rotatable bonds is 10. The first-order valence-corrected chi connectivity index (χ1v) is 14.3. The zero-order valence-corrected chi connectivity index (χ0v) is 22.8. The molecule has 12 nitrogen and oxygen atoms in total. The van der Waals surface area contributed by atoms with Crippen LogP contribution in [0.15, 0.2) is 47.2 Å². The highest BCUT2D eigenvalue weighted by molar-refractivity contribution is 8.10. The third-order valence-electron chi connectivity index (χ3n) is 4.21. The molecule has 0 saturated heterocycles. The Labute approximate surface area is 224 Å². The summed E-state index contributed by atoms with van der Waals surface area (Å²) < 4.78 is 69.7. The van der Waals surface area contributed by atoms with E-state index in [2.05, 4.69) is 0 Å². The molecule has 0 radical (unpaired) electrons. The molecule has 0 aliphatic rings. The molecule has 0 spiro atoms. The third kappa shape index (κ3) is 10.9. The van der Waals surface area contributed by atoms with Crippen LogP contribution < -0.4 is 18.9 Å². The molecule has 208 valence electrons. The molecule has 2 aromatic rings. The van der Waals surface area contributed by atoms with Gasteiger partial charge in [-0.3, -0.25) is 19.2 Å². The van der Waals surface area contributed by atoms with Crippen LogP contribution in [-0.2, 0) is 38.9 Å². The van der Waals surface area contributed by atoms with Crippen molar-refractivity contribution in [2.45, 2.75) is 27.7 Å². The van der Waals surface area contributed by atoms with Crippen LogP contribution in [0.5, 0.6) is 23.0 Å². The minimum Gasteiger partial charge on any atom is -0.423 e. The summed E-state index contributed by atoms with van der Waals surface area (Å²) in [4.78, 5) is 45.1. The number of ether oxygens (including phenoxy) is 4. The summed E-state index contributed by atoms with van der Waals surface area (Å²) in [6, 6.07) is 7.77. The van der Waals surface area contributed by atoms with E-state index in [4.69, 9.17) is 18.9 Å². The van der Waals surface area contributed by atoms with Crippen LogP contribution in [0.3, 0.4) is 0 Å². The molecule has 0 fully saturated rings. The molecule has 2 aromatic carbocycles. The summed E-state index contributed by atoms with van der Waals surface area (Å²) in [5.74, 6) is -3.18. The van der Waals surface area contributed by atoms with E-state index in [0.717, 1.165) is 39.8 Å². The number of hydrogen-bond acceptors (Lipinski definition) is 12. The largest absolute Gasteiger partial charge is 0.423 e. The topological polar surface area (TPSA) is 173 Å². The lowest BCUT2D eigenvalue weighted by molar-refractivity contribution is -0.134. The minimum atomic E-state index is -4.29. The standard InChI is InChI=1S/C25H24O12S2/c1-16(26)34-22-7-5-20(13-24(22)36-18(3)28)9-11-38(30,31)15-39(32,33)12-10-21-6-8-23(35-17(2)27)25(14-21)37-19(4)29/h5-14H,15H2,1-4H3/b11-9+,12-10+. The number of esters is 4. The van der Waals surface area contributed by atoms with Gasteiger partial charge < -0.3 is 18.9 Å². The van der Waals surface area contributed by atoms with Crippen molar-refractivity contribution in [1.29, 1.82) is 0 Å². The van der Waals surface area contributed by atoms with Crippen molar-refractivity contribution < 1.29 is 55.0 Å². The van der Waals surface area contributed by atoms with Crippen LogP contribution in [0.25, 0.3) is 12.2 Å². The van der Waals surface area contributed by atoms with Crippen molar-refractivity contribution >= 4 is 55.7 Å². The second-order valence-electron chi connectivity index (χ2n) is 7.84. The highest BCUT2D eigenvalue weighted by Crippen LogP contribution is 2.30. The van der Waals surface area contributed by atoms with Gasteiger partial charge in [0.15, 0.2) is 47.8 Å². The van der Waals surface area contributed by atoms with Crippen molar-refractivity contribution in [2.75, 3.05) is 5.08 Å². The van der Waals surface area contributed by atoms with Gasteiger partial charge in [-0.25, -0.2) is 16.8 Å². The molecule has 0 unspecified atom stereocenters. The van der Waals surface area contributed by atoms with Crippen LogP contribution in [0.2, 0.25) is 0 Å². The lowest BCUT2D eigenvalue weighted by Gasteiger charge is -2.09. The molecule has 2 rings (SSSR count). The fraction of sp³-hybridized carbons (Fsp3) is 0.200. The van der Waals surface area contributed by atoms with E-state index in [-0.39, 0.29) is 34.1 Å². The summed E-state index contributed by atoms with van der Waals surface area (Å²) in [6.45, 7) is 4.52. The number of hydrogen-bond donors (Lipinski definition) is 0. The minimum absolute atomic E-state index is 0.0665. The van der Waals surface area contributed by atoms with Gasteiger partial charge in [-0.2, -0.15) is 0 Å². The van der Waals surface area contributed by atoms with E-state index < -0.39 is 48.6 Å². The molecule has 0 aliphatic carbocycles. The highest BCUT2D eigenvalue weighted by atomic mass is 32.3. The Morgan fingerprint density at radius 1 is 0.564 bits per heavy atom. The Balaban J connectivity index is 2.24. The van der Waals surface area contributed by atoms with E-state index in [1.54, 1.807) is 0 Å². The van der Waals surface area contributed by atoms with Crippen LogP contribution in [0, 0.1) is 0 Å². The molecule has 0 aliphatic heterocycles. The molecule has 0 saturated carbocycles. The summed E-state index contributed by atoms with van der Waals surface area (Å²) >= 11 is 0. The number of carbonyl (C=O) groups is 4. The summed E-state index contributed by atoms with van der Waals surface area (Å²) in [7, 11) is -8.58. The van der Waals surface area contributed by atoms with Crippen molar-refractivity contribution in [3.63, 3.8) is 0 Å². The summed E-state index contributed by atoms with van der Waals surface area (Å²) in [5, 5.41) is 0.0740. The maximum atomic E-state index is 12.5. The van der Waals surface area contributed by atoms with E-state index in [0.29, 0.717) is 10.8 Å². The first-order valence-electron chi connectivity index (χ1n) is 10.9. The molecule has 0 atom stereocenters. The van der Waals surface area contributed by atoms with Gasteiger partial charge in [0.1, 0.15) is 0 Å². The average Bonchev–Trinajstić information content (AvgIpc) is 2.77. The van der Waals surface area contributed by atoms with Crippen LogP contribution >= 0.6 is 0 Å². The smallest absolute Gasteiger partial charge is 0.308 e.